The number of carbonyl (C=O) groups excluding carboxylic acids is 1. The quantitative estimate of drug-likeness (QED) is 0.267. The minimum Gasteiger partial charge on any atom is -0.493 e. The van der Waals surface area contributed by atoms with Gasteiger partial charge in [-0.3, -0.25) is 14.0 Å². The van der Waals surface area contributed by atoms with Crippen LogP contribution in [-0.2, 0) is 19.6 Å². The second-order valence-corrected chi connectivity index (χ2v) is 11.4. The molecule has 2 heterocycles. The summed E-state index contributed by atoms with van der Waals surface area (Å²) in [5, 5.41) is 18.4. The van der Waals surface area contributed by atoms with Crippen molar-refractivity contribution >= 4 is 38.2 Å². The van der Waals surface area contributed by atoms with Crippen LogP contribution >= 0.6 is 0 Å². The van der Waals surface area contributed by atoms with Crippen molar-refractivity contribution in [2.45, 2.75) is 11.8 Å². The van der Waals surface area contributed by atoms with Crippen molar-refractivity contribution in [3.05, 3.63) is 78.4 Å². The molecule has 1 aliphatic heterocycles. The summed E-state index contributed by atoms with van der Waals surface area (Å²) in [4.78, 5) is 17.9. The second-order valence-electron chi connectivity index (χ2n) is 9.58. The number of para-hydroxylation sites is 1. The Morgan fingerprint density at radius 3 is 2.49 bits per heavy atom. The van der Waals surface area contributed by atoms with Crippen LogP contribution in [0.5, 0.6) is 11.6 Å². The molecule has 12 heteroatoms. The molecule has 0 radical (unpaired) electrons. The highest BCUT2D eigenvalue weighted by Gasteiger charge is 2.27. The number of morpholine rings is 1. The highest BCUT2D eigenvalue weighted by molar-refractivity contribution is 7.92. The summed E-state index contributed by atoms with van der Waals surface area (Å²) in [5.41, 5.74) is 1.97. The first kappa shape index (κ1) is 28.3. The lowest BCUT2D eigenvalue weighted by molar-refractivity contribution is -0.116. The number of hydrogen-bond donors (Lipinski definition) is 2. The Hall–Kier alpha value is -4.26. The number of aryl methyl sites for hydroxylation is 1. The van der Waals surface area contributed by atoms with Crippen LogP contribution in [0.4, 0.5) is 11.4 Å². The van der Waals surface area contributed by atoms with Gasteiger partial charge in [-0.1, -0.05) is 35.9 Å². The molecule has 1 aromatic heterocycles. The molecular weight excluding hydrogens is 546 g/mol. The average Bonchev–Trinajstić information content (AvgIpc) is 3.31. The summed E-state index contributed by atoms with van der Waals surface area (Å²) in [6.07, 6.45) is 0. The van der Waals surface area contributed by atoms with Crippen LogP contribution in [0, 0.1) is 6.92 Å². The fourth-order valence-electron chi connectivity index (χ4n) is 4.45. The zero-order valence-corrected chi connectivity index (χ0v) is 23.4. The minimum atomic E-state index is -4.15. The smallest absolute Gasteiger partial charge is 0.285 e. The number of H-pyrrole nitrogens is 1. The Morgan fingerprint density at radius 2 is 1.76 bits per heavy atom. The molecule has 0 spiro atoms. The van der Waals surface area contributed by atoms with E-state index in [0.717, 1.165) is 29.5 Å². The standard InChI is InChI=1S/C29H31N5O6S/c1-21-6-8-22(9-7-21)34(20-27(35)31-32-28-25-4-2-3-5-26(25)30-29(28)36)41(37,38)24-12-10-23(11-13-24)40-19-16-33-14-17-39-18-15-33/h2-13,30,36H,14-20H2,1H3. The molecule has 3 aromatic carbocycles. The normalized spacial score (nSPS) is 14.5. The maximum absolute atomic E-state index is 13.7. The lowest BCUT2D eigenvalue weighted by Crippen LogP contribution is -2.38. The molecule has 1 aliphatic rings. The van der Waals surface area contributed by atoms with Crippen molar-refractivity contribution in [2.24, 2.45) is 10.2 Å². The SMILES string of the molecule is Cc1ccc(N(CC(=O)N=Nc2c(O)[nH]c3ccccc23)S(=O)(=O)c2ccc(OCCN3CCOCC3)cc2)cc1. The number of nitrogens with one attached hydrogen (secondary N) is 1. The summed E-state index contributed by atoms with van der Waals surface area (Å²) in [7, 11) is -4.15. The fourth-order valence-corrected chi connectivity index (χ4v) is 5.87. The van der Waals surface area contributed by atoms with Gasteiger partial charge in [0.1, 0.15) is 18.9 Å². The van der Waals surface area contributed by atoms with Crippen molar-refractivity contribution in [3.8, 4) is 11.6 Å². The van der Waals surface area contributed by atoms with Crippen LogP contribution in [0.3, 0.4) is 0 Å². The number of rotatable bonds is 10. The zero-order chi connectivity index (χ0) is 28.8. The molecule has 4 aromatic rings. The van der Waals surface area contributed by atoms with Crippen molar-refractivity contribution in [2.75, 3.05) is 50.3 Å². The first-order chi connectivity index (χ1) is 19.8. The number of aromatic nitrogens is 1. The largest absolute Gasteiger partial charge is 0.493 e. The number of sulfonamides is 1. The first-order valence-corrected chi connectivity index (χ1v) is 14.6. The van der Waals surface area contributed by atoms with Gasteiger partial charge in [-0.05, 0) is 49.4 Å². The maximum atomic E-state index is 13.7. The molecule has 1 fully saturated rings. The molecule has 0 aliphatic carbocycles. The first-order valence-electron chi connectivity index (χ1n) is 13.2. The molecule has 11 nitrogen and oxygen atoms in total. The lowest BCUT2D eigenvalue weighted by atomic mass is 10.2. The summed E-state index contributed by atoms with van der Waals surface area (Å²) in [6.45, 7) is 5.64. The monoisotopic (exact) mass is 577 g/mol. The Morgan fingerprint density at radius 1 is 1.05 bits per heavy atom. The molecule has 0 atom stereocenters. The number of aromatic hydroxyl groups is 1. The van der Waals surface area contributed by atoms with Crippen LogP contribution < -0.4 is 9.04 Å². The lowest BCUT2D eigenvalue weighted by Gasteiger charge is -2.26. The Balaban J connectivity index is 1.33. The van der Waals surface area contributed by atoms with Gasteiger partial charge in [-0.2, -0.15) is 0 Å². The van der Waals surface area contributed by atoms with E-state index in [2.05, 4.69) is 20.1 Å². The van der Waals surface area contributed by atoms with Crippen molar-refractivity contribution < 1.29 is 27.8 Å². The van der Waals surface area contributed by atoms with E-state index in [-0.39, 0.29) is 16.5 Å². The van der Waals surface area contributed by atoms with Crippen LogP contribution in [0.15, 0.2) is 87.9 Å². The van der Waals surface area contributed by atoms with Gasteiger partial charge < -0.3 is 19.6 Å². The number of carbonyl (C=O) groups is 1. The summed E-state index contributed by atoms with van der Waals surface area (Å²) in [6, 6.07) is 19.9. The van der Waals surface area contributed by atoms with Gasteiger partial charge in [-0.15, -0.1) is 10.2 Å². The van der Waals surface area contributed by atoms with Gasteiger partial charge in [0.05, 0.1) is 29.3 Å². The number of fused-ring (bicyclic) bond motifs is 1. The van der Waals surface area contributed by atoms with E-state index in [1.165, 1.54) is 12.1 Å². The number of benzene rings is 3. The number of azo groups is 1. The highest BCUT2D eigenvalue weighted by atomic mass is 32.2. The van der Waals surface area contributed by atoms with E-state index in [1.807, 2.05) is 6.92 Å². The van der Waals surface area contributed by atoms with Gasteiger partial charge in [0, 0.05) is 25.0 Å². The van der Waals surface area contributed by atoms with Gasteiger partial charge in [-0.25, -0.2) is 8.42 Å². The van der Waals surface area contributed by atoms with E-state index in [0.29, 0.717) is 42.2 Å². The number of ether oxygens (including phenoxy) is 2. The van der Waals surface area contributed by atoms with Crippen molar-refractivity contribution in [3.63, 3.8) is 0 Å². The van der Waals surface area contributed by atoms with Crippen LogP contribution in [0.25, 0.3) is 10.9 Å². The number of hydrogen-bond acceptors (Lipinski definition) is 8. The topological polar surface area (TPSA) is 137 Å². The molecule has 1 amide bonds. The third kappa shape index (κ3) is 6.73. The summed E-state index contributed by atoms with van der Waals surface area (Å²) < 4.78 is 39.7. The van der Waals surface area contributed by atoms with Crippen molar-refractivity contribution in [1.82, 2.24) is 9.88 Å². The van der Waals surface area contributed by atoms with E-state index < -0.39 is 22.5 Å². The summed E-state index contributed by atoms with van der Waals surface area (Å²) >= 11 is 0. The molecule has 1 saturated heterocycles. The number of amides is 1. The van der Waals surface area contributed by atoms with Crippen LogP contribution in [-0.4, -0.2) is 75.3 Å². The molecule has 5 rings (SSSR count). The average molecular weight is 578 g/mol. The van der Waals surface area contributed by atoms with E-state index in [4.69, 9.17) is 9.47 Å². The fraction of sp³-hybridized carbons (Fsp3) is 0.276. The van der Waals surface area contributed by atoms with E-state index >= 15 is 0 Å². The van der Waals surface area contributed by atoms with Crippen LogP contribution in [0.1, 0.15) is 5.56 Å². The number of aromatic amines is 1. The van der Waals surface area contributed by atoms with Gasteiger partial charge in [0.25, 0.3) is 15.9 Å². The zero-order valence-electron chi connectivity index (χ0n) is 22.6. The van der Waals surface area contributed by atoms with E-state index in [9.17, 15) is 18.3 Å². The summed E-state index contributed by atoms with van der Waals surface area (Å²) in [5.74, 6) is -0.498. The molecule has 214 valence electrons. The van der Waals surface area contributed by atoms with Crippen molar-refractivity contribution in [1.29, 1.82) is 0 Å². The third-order valence-corrected chi connectivity index (χ3v) is 8.50. The maximum Gasteiger partial charge on any atom is 0.285 e. The van der Waals surface area contributed by atoms with Gasteiger partial charge >= 0.3 is 0 Å². The predicted molar refractivity (Wildman–Crippen MR) is 154 cm³/mol. The molecule has 0 bridgehead atoms. The molecule has 0 unspecified atom stereocenters. The Kier molecular flexibility index (Phi) is 8.62. The van der Waals surface area contributed by atoms with Crippen LogP contribution in [0.2, 0.25) is 0 Å². The highest BCUT2D eigenvalue weighted by Crippen LogP contribution is 2.35. The van der Waals surface area contributed by atoms with Gasteiger partial charge in [0.2, 0.25) is 5.88 Å². The number of nitrogens with zero attached hydrogens (tertiary/aromatic N) is 4. The van der Waals surface area contributed by atoms with Gasteiger partial charge in [0.15, 0.2) is 5.69 Å². The minimum absolute atomic E-state index is 0.00221. The molecule has 0 saturated carbocycles. The Bertz CT molecular complexity index is 1630. The number of anilines is 1. The Labute approximate surface area is 238 Å². The third-order valence-electron chi connectivity index (χ3n) is 6.71. The molecule has 41 heavy (non-hydrogen) atoms. The molecular formula is C29H31N5O6S. The van der Waals surface area contributed by atoms with E-state index in [1.54, 1.807) is 60.7 Å². The predicted octanol–water partition coefficient (Wildman–Crippen LogP) is 4.40. The molecule has 2 N–H and O–H groups in total. The second kappa shape index (κ2) is 12.5.